The molecule has 3 rings (SSSR count). The fourth-order valence-corrected chi connectivity index (χ4v) is 3.77. The van der Waals surface area contributed by atoms with E-state index in [1.54, 1.807) is 7.11 Å². The Balaban J connectivity index is 1.67. The average Bonchev–Trinajstić information content (AvgIpc) is 3.16. The van der Waals surface area contributed by atoms with Gasteiger partial charge < -0.3 is 19.5 Å². The summed E-state index contributed by atoms with van der Waals surface area (Å²) in [7, 11) is 5.50. The highest BCUT2D eigenvalue weighted by atomic mass is 16.5. The number of carbonyl (C=O) groups excluding carboxylic acids is 1. The molecule has 2 aromatic heterocycles. The molecule has 8 nitrogen and oxygen atoms in total. The Bertz CT molecular complexity index is 812. The topological polar surface area (TPSA) is 93.4 Å². The second-order valence-electron chi connectivity index (χ2n) is 7.96. The maximum absolute atomic E-state index is 11.8. The summed E-state index contributed by atoms with van der Waals surface area (Å²) in [4.78, 5) is 23.1. The van der Waals surface area contributed by atoms with Gasteiger partial charge in [0.1, 0.15) is 0 Å². The Kier molecular flexibility index (Phi) is 7.19. The van der Waals surface area contributed by atoms with E-state index >= 15 is 0 Å². The maximum Gasteiger partial charge on any atom is 0.225 e. The largest absolute Gasteiger partial charge is 0.384 e. The highest BCUT2D eigenvalue weighted by Crippen LogP contribution is 2.39. The third-order valence-electron chi connectivity index (χ3n) is 5.45. The standard InChI is InChI=1S/C21H31N5O3/c1-14-11-18(29-25-14)17-13-23-21(26(2)3)24-20(17)16-7-5-15(6-8-16)12-22-19(27)9-10-28-4/h11,13,15-16H,5-10,12H2,1-4H3,(H,22,27). The van der Waals surface area contributed by atoms with Gasteiger partial charge in [-0.3, -0.25) is 4.79 Å². The molecule has 0 bridgehead atoms. The summed E-state index contributed by atoms with van der Waals surface area (Å²) in [5.41, 5.74) is 2.80. The van der Waals surface area contributed by atoms with Gasteiger partial charge in [0, 0.05) is 52.4 Å². The van der Waals surface area contributed by atoms with Crippen molar-refractivity contribution in [2.45, 2.75) is 44.9 Å². The van der Waals surface area contributed by atoms with E-state index < -0.39 is 0 Å². The highest BCUT2D eigenvalue weighted by molar-refractivity contribution is 5.75. The van der Waals surface area contributed by atoms with Crippen molar-refractivity contribution in [2.75, 3.05) is 39.3 Å². The minimum Gasteiger partial charge on any atom is -0.384 e. The first-order chi connectivity index (χ1) is 14.0. The Hall–Kier alpha value is -2.48. The normalized spacial score (nSPS) is 19.2. The fourth-order valence-electron chi connectivity index (χ4n) is 3.77. The number of aryl methyl sites for hydroxylation is 1. The van der Waals surface area contributed by atoms with Gasteiger partial charge in [0.05, 0.1) is 23.6 Å². The van der Waals surface area contributed by atoms with Crippen LogP contribution in [-0.2, 0) is 9.53 Å². The van der Waals surface area contributed by atoms with E-state index in [0.717, 1.165) is 54.9 Å². The molecule has 0 aliphatic heterocycles. The SMILES string of the molecule is COCCC(=O)NCC1CCC(c2nc(N(C)C)ncc2-c2cc(C)no2)CC1. The highest BCUT2D eigenvalue weighted by Gasteiger charge is 2.27. The summed E-state index contributed by atoms with van der Waals surface area (Å²) >= 11 is 0. The molecule has 1 aliphatic carbocycles. The van der Waals surface area contributed by atoms with Crippen molar-refractivity contribution < 1.29 is 14.1 Å². The van der Waals surface area contributed by atoms with Crippen LogP contribution in [0.15, 0.2) is 16.8 Å². The van der Waals surface area contributed by atoms with E-state index in [1.807, 2.05) is 38.2 Å². The van der Waals surface area contributed by atoms with Gasteiger partial charge in [0.2, 0.25) is 11.9 Å². The first-order valence-electron chi connectivity index (χ1n) is 10.2. The molecule has 0 saturated heterocycles. The van der Waals surface area contributed by atoms with Crippen LogP contribution in [0.3, 0.4) is 0 Å². The summed E-state index contributed by atoms with van der Waals surface area (Å²) in [6.45, 7) is 3.11. The predicted molar refractivity (Wildman–Crippen MR) is 111 cm³/mol. The number of anilines is 1. The average molecular weight is 402 g/mol. The van der Waals surface area contributed by atoms with Gasteiger partial charge in [-0.1, -0.05) is 5.16 Å². The van der Waals surface area contributed by atoms with Crippen LogP contribution >= 0.6 is 0 Å². The molecule has 8 heteroatoms. The van der Waals surface area contributed by atoms with E-state index in [4.69, 9.17) is 14.2 Å². The molecule has 1 saturated carbocycles. The second-order valence-corrected chi connectivity index (χ2v) is 7.96. The van der Waals surface area contributed by atoms with Crippen LogP contribution in [0, 0.1) is 12.8 Å². The smallest absolute Gasteiger partial charge is 0.225 e. The van der Waals surface area contributed by atoms with Crippen LogP contribution < -0.4 is 10.2 Å². The van der Waals surface area contributed by atoms with Crippen molar-refractivity contribution in [2.24, 2.45) is 5.92 Å². The third kappa shape index (κ3) is 5.53. The lowest BCUT2D eigenvalue weighted by molar-refractivity contribution is -0.122. The molecule has 2 aromatic rings. The molecule has 0 radical (unpaired) electrons. The summed E-state index contributed by atoms with van der Waals surface area (Å²) in [6.07, 6.45) is 6.45. The van der Waals surface area contributed by atoms with Crippen molar-refractivity contribution >= 4 is 11.9 Å². The first-order valence-corrected chi connectivity index (χ1v) is 10.2. The lowest BCUT2D eigenvalue weighted by Crippen LogP contribution is -2.31. The lowest BCUT2D eigenvalue weighted by Gasteiger charge is -2.29. The fraction of sp³-hybridized carbons (Fsp3) is 0.619. The number of nitrogens with zero attached hydrogens (tertiary/aromatic N) is 4. The molecule has 0 aromatic carbocycles. The summed E-state index contributed by atoms with van der Waals surface area (Å²) in [5.74, 6) is 2.33. The van der Waals surface area contributed by atoms with Crippen molar-refractivity contribution in [1.82, 2.24) is 20.4 Å². The monoisotopic (exact) mass is 401 g/mol. The Morgan fingerprint density at radius 3 is 2.69 bits per heavy atom. The molecule has 158 valence electrons. The van der Waals surface area contributed by atoms with E-state index in [0.29, 0.717) is 30.8 Å². The van der Waals surface area contributed by atoms with Gasteiger partial charge in [0.25, 0.3) is 0 Å². The number of methoxy groups -OCH3 is 1. The van der Waals surface area contributed by atoms with Crippen LogP contribution in [0.4, 0.5) is 5.95 Å². The Morgan fingerprint density at radius 1 is 1.31 bits per heavy atom. The lowest BCUT2D eigenvalue weighted by atomic mass is 9.79. The number of nitrogens with one attached hydrogen (secondary N) is 1. The third-order valence-corrected chi connectivity index (χ3v) is 5.45. The molecule has 0 atom stereocenters. The molecular formula is C21H31N5O3. The van der Waals surface area contributed by atoms with E-state index in [-0.39, 0.29) is 5.91 Å². The van der Waals surface area contributed by atoms with Gasteiger partial charge in [-0.25, -0.2) is 9.97 Å². The number of rotatable bonds is 8. The van der Waals surface area contributed by atoms with Gasteiger partial charge in [0.15, 0.2) is 5.76 Å². The molecular weight excluding hydrogens is 370 g/mol. The molecule has 1 aliphatic rings. The molecule has 1 fully saturated rings. The van der Waals surface area contributed by atoms with Crippen LogP contribution in [0.5, 0.6) is 0 Å². The van der Waals surface area contributed by atoms with E-state index in [9.17, 15) is 4.79 Å². The molecule has 29 heavy (non-hydrogen) atoms. The van der Waals surface area contributed by atoms with Crippen LogP contribution in [0.1, 0.15) is 49.4 Å². The number of aromatic nitrogens is 3. The van der Waals surface area contributed by atoms with Gasteiger partial charge >= 0.3 is 0 Å². The molecule has 0 unspecified atom stereocenters. The number of hydrogen-bond donors (Lipinski definition) is 1. The number of amides is 1. The number of hydrogen-bond acceptors (Lipinski definition) is 7. The second kappa shape index (κ2) is 9.82. The zero-order valence-electron chi connectivity index (χ0n) is 17.8. The van der Waals surface area contributed by atoms with Crippen LogP contribution in [0.25, 0.3) is 11.3 Å². The van der Waals surface area contributed by atoms with Crippen molar-refractivity contribution in [3.8, 4) is 11.3 Å². The van der Waals surface area contributed by atoms with Gasteiger partial charge in [-0.2, -0.15) is 0 Å². The number of ether oxygens (including phenoxy) is 1. The summed E-state index contributed by atoms with van der Waals surface area (Å²) < 4.78 is 10.5. The Morgan fingerprint density at radius 2 is 2.07 bits per heavy atom. The number of carbonyl (C=O) groups is 1. The van der Waals surface area contributed by atoms with E-state index in [1.165, 1.54) is 0 Å². The summed E-state index contributed by atoms with van der Waals surface area (Å²) in [6, 6.07) is 1.93. The van der Waals surface area contributed by atoms with Crippen LogP contribution in [0.2, 0.25) is 0 Å². The molecule has 2 heterocycles. The van der Waals surface area contributed by atoms with Gasteiger partial charge in [-0.05, 0) is 38.5 Å². The quantitative estimate of drug-likeness (QED) is 0.727. The zero-order valence-corrected chi connectivity index (χ0v) is 17.8. The molecule has 0 spiro atoms. The Labute approximate surface area is 172 Å². The van der Waals surface area contributed by atoms with Crippen molar-refractivity contribution in [1.29, 1.82) is 0 Å². The zero-order chi connectivity index (χ0) is 20.8. The summed E-state index contributed by atoms with van der Waals surface area (Å²) in [5, 5.41) is 7.05. The van der Waals surface area contributed by atoms with Crippen molar-refractivity contribution in [3.63, 3.8) is 0 Å². The van der Waals surface area contributed by atoms with Crippen LogP contribution in [-0.4, -0.2) is 55.4 Å². The minimum absolute atomic E-state index is 0.0587. The molecule has 1 N–H and O–H groups in total. The van der Waals surface area contributed by atoms with Crippen molar-refractivity contribution in [3.05, 3.63) is 23.7 Å². The van der Waals surface area contributed by atoms with E-state index in [2.05, 4.69) is 15.5 Å². The molecule has 1 amide bonds. The van der Waals surface area contributed by atoms with Gasteiger partial charge in [-0.15, -0.1) is 0 Å². The first kappa shape index (κ1) is 21.2. The maximum atomic E-state index is 11.8. The minimum atomic E-state index is 0.0587. The predicted octanol–water partition coefficient (Wildman–Crippen LogP) is 2.93.